The number of hydrogen-bond acceptors (Lipinski definition) is 7. The van der Waals surface area contributed by atoms with Crippen LogP contribution in [-0.2, 0) is 22.9 Å². The molecular formula is C30H35F3N4O3. The second-order valence-corrected chi connectivity index (χ2v) is 10.9. The molecule has 1 aliphatic heterocycles. The Labute approximate surface area is 232 Å². The van der Waals surface area contributed by atoms with Gasteiger partial charge in [-0.1, -0.05) is 6.07 Å². The molecule has 40 heavy (non-hydrogen) atoms. The number of hydrogen-bond donors (Lipinski definition) is 1. The van der Waals surface area contributed by atoms with Crippen molar-refractivity contribution in [2.45, 2.75) is 58.9 Å². The molecule has 0 unspecified atom stereocenters. The molecule has 7 nitrogen and oxygen atoms in total. The van der Waals surface area contributed by atoms with Crippen LogP contribution in [-0.4, -0.2) is 48.2 Å². The Kier molecular flexibility index (Phi) is 8.51. The maximum Gasteiger partial charge on any atom is 0.416 e. The summed E-state index contributed by atoms with van der Waals surface area (Å²) in [5.74, 6) is 0.164. The molecule has 2 aromatic heterocycles. The minimum absolute atomic E-state index is 0.0660. The molecule has 0 atom stereocenters. The SMILES string of the molecule is Cc1ncc(C(=O)Cc2cc(C(C)(C)N)cc(C(F)(F)F)c2)cc1-c1cnc(OC(C)C)c(N2CCOCC2)c1. The van der Waals surface area contributed by atoms with E-state index in [2.05, 4.69) is 14.9 Å². The minimum Gasteiger partial charge on any atom is -0.473 e. The molecule has 0 aliphatic carbocycles. The number of Topliss-reactive ketones (excluding diaryl/α,β-unsaturated/α-hetero) is 1. The number of benzene rings is 1. The van der Waals surface area contributed by atoms with E-state index >= 15 is 0 Å². The number of alkyl halides is 3. The summed E-state index contributed by atoms with van der Waals surface area (Å²) in [6.07, 6.45) is -1.72. The van der Waals surface area contributed by atoms with Gasteiger partial charge in [-0.2, -0.15) is 13.2 Å². The summed E-state index contributed by atoms with van der Waals surface area (Å²) in [6.45, 7) is 11.5. The topological polar surface area (TPSA) is 90.6 Å². The highest BCUT2D eigenvalue weighted by Crippen LogP contribution is 2.35. The lowest BCUT2D eigenvalue weighted by molar-refractivity contribution is -0.137. The number of ether oxygens (including phenoxy) is 2. The van der Waals surface area contributed by atoms with Crippen LogP contribution in [0.3, 0.4) is 0 Å². The number of rotatable bonds is 8. The van der Waals surface area contributed by atoms with Crippen LogP contribution in [0.1, 0.15) is 60.4 Å². The predicted molar refractivity (Wildman–Crippen MR) is 148 cm³/mol. The summed E-state index contributed by atoms with van der Waals surface area (Å²) in [4.78, 5) is 24.5. The fourth-order valence-electron chi connectivity index (χ4n) is 4.53. The largest absolute Gasteiger partial charge is 0.473 e. The molecular weight excluding hydrogens is 521 g/mol. The van der Waals surface area contributed by atoms with Gasteiger partial charge in [-0.05, 0) is 70.0 Å². The summed E-state index contributed by atoms with van der Waals surface area (Å²) in [5, 5.41) is 0. The van der Waals surface area contributed by atoms with Gasteiger partial charge in [0, 0.05) is 59.8 Å². The van der Waals surface area contributed by atoms with E-state index in [0.29, 0.717) is 54.6 Å². The van der Waals surface area contributed by atoms with E-state index in [0.717, 1.165) is 23.4 Å². The van der Waals surface area contributed by atoms with E-state index in [1.165, 1.54) is 6.20 Å². The second kappa shape index (κ2) is 11.5. The van der Waals surface area contributed by atoms with E-state index < -0.39 is 17.3 Å². The summed E-state index contributed by atoms with van der Waals surface area (Å²) in [5.41, 5.74) is 8.07. The standard InChI is InChI=1S/C30H35F3N4O3/c1-18(2)40-28-26(37-6-8-39-9-7-37)14-21(16-36-28)25-13-22(17-35-19(25)3)27(38)12-20-10-23(29(4,5)34)15-24(11-20)30(31,32)33/h10-11,13-18H,6-9,12,34H2,1-5H3. The van der Waals surface area contributed by atoms with E-state index in [9.17, 15) is 18.0 Å². The number of nitrogens with zero attached hydrogens (tertiary/aromatic N) is 3. The van der Waals surface area contributed by atoms with Crippen LogP contribution in [0.2, 0.25) is 0 Å². The van der Waals surface area contributed by atoms with Crippen LogP contribution in [0.25, 0.3) is 11.1 Å². The maximum absolute atomic E-state index is 13.6. The van der Waals surface area contributed by atoms with Gasteiger partial charge in [0.25, 0.3) is 0 Å². The van der Waals surface area contributed by atoms with Crippen LogP contribution in [0, 0.1) is 6.92 Å². The number of morpholine rings is 1. The van der Waals surface area contributed by atoms with E-state index in [-0.39, 0.29) is 23.9 Å². The van der Waals surface area contributed by atoms with Gasteiger partial charge >= 0.3 is 6.18 Å². The zero-order chi connectivity index (χ0) is 29.2. The number of carbonyl (C=O) groups is 1. The van der Waals surface area contributed by atoms with Crippen LogP contribution in [0.4, 0.5) is 18.9 Å². The molecule has 0 saturated carbocycles. The van der Waals surface area contributed by atoms with Gasteiger partial charge in [0.2, 0.25) is 5.88 Å². The van der Waals surface area contributed by atoms with E-state index in [1.807, 2.05) is 26.8 Å². The van der Waals surface area contributed by atoms with Crippen LogP contribution < -0.4 is 15.4 Å². The van der Waals surface area contributed by atoms with Crippen molar-refractivity contribution in [3.05, 3.63) is 70.7 Å². The number of pyridine rings is 2. The lowest BCUT2D eigenvalue weighted by Gasteiger charge is -2.30. The van der Waals surface area contributed by atoms with Crippen molar-refractivity contribution in [1.82, 2.24) is 9.97 Å². The first-order valence-electron chi connectivity index (χ1n) is 13.2. The Balaban J connectivity index is 1.68. The Bertz CT molecular complexity index is 1350. The molecule has 1 fully saturated rings. The fourth-order valence-corrected chi connectivity index (χ4v) is 4.53. The van der Waals surface area contributed by atoms with Crippen molar-refractivity contribution < 1.29 is 27.4 Å². The van der Waals surface area contributed by atoms with Crippen LogP contribution >= 0.6 is 0 Å². The van der Waals surface area contributed by atoms with Gasteiger partial charge in [0.05, 0.1) is 24.9 Å². The summed E-state index contributed by atoms with van der Waals surface area (Å²) >= 11 is 0. The average molecular weight is 557 g/mol. The zero-order valence-electron chi connectivity index (χ0n) is 23.4. The van der Waals surface area contributed by atoms with Gasteiger partial charge in [-0.25, -0.2) is 4.98 Å². The second-order valence-electron chi connectivity index (χ2n) is 10.9. The van der Waals surface area contributed by atoms with Crippen molar-refractivity contribution in [1.29, 1.82) is 0 Å². The highest BCUT2D eigenvalue weighted by Gasteiger charge is 2.32. The van der Waals surface area contributed by atoms with Crippen molar-refractivity contribution in [2.24, 2.45) is 5.73 Å². The molecule has 10 heteroatoms. The summed E-state index contributed by atoms with van der Waals surface area (Å²) in [7, 11) is 0. The highest BCUT2D eigenvalue weighted by atomic mass is 19.4. The number of aryl methyl sites for hydroxylation is 1. The van der Waals surface area contributed by atoms with Gasteiger partial charge in [-0.15, -0.1) is 0 Å². The third-order valence-corrected chi connectivity index (χ3v) is 6.68. The van der Waals surface area contributed by atoms with E-state index in [1.54, 1.807) is 32.2 Å². The molecule has 0 amide bonds. The van der Waals surface area contributed by atoms with Crippen molar-refractivity contribution in [3.8, 4) is 17.0 Å². The Hall–Kier alpha value is -3.50. The fraction of sp³-hybridized carbons (Fsp3) is 0.433. The Morgan fingerprint density at radius 2 is 1.73 bits per heavy atom. The molecule has 3 aromatic rings. The van der Waals surface area contributed by atoms with Crippen LogP contribution in [0.5, 0.6) is 5.88 Å². The van der Waals surface area contributed by atoms with Crippen molar-refractivity contribution in [3.63, 3.8) is 0 Å². The molecule has 0 bridgehead atoms. The number of halogens is 3. The minimum atomic E-state index is -4.56. The van der Waals surface area contributed by atoms with Gasteiger partial charge in [0.1, 0.15) is 5.69 Å². The van der Waals surface area contributed by atoms with Gasteiger partial charge in [-0.3, -0.25) is 9.78 Å². The average Bonchev–Trinajstić information content (AvgIpc) is 2.88. The maximum atomic E-state index is 13.6. The Morgan fingerprint density at radius 1 is 1.05 bits per heavy atom. The quantitative estimate of drug-likeness (QED) is 0.355. The summed E-state index contributed by atoms with van der Waals surface area (Å²) in [6, 6.07) is 7.28. The smallest absolute Gasteiger partial charge is 0.416 e. The van der Waals surface area contributed by atoms with Gasteiger partial charge in [0.15, 0.2) is 5.78 Å². The highest BCUT2D eigenvalue weighted by molar-refractivity contribution is 5.98. The Morgan fingerprint density at radius 3 is 2.35 bits per heavy atom. The lowest BCUT2D eigenvalue weighted by atomic mass is 9.90. The monoisotopic (exact) mass is 556 g/mol. The van der Waals surface area contributed by atoms with Crippen LogP contribution in [0.15, 0.2) is 42.7 Å². The number of aromatic nitrogens is 2. The molecule has 0 radical (unpaired) electrons. The first-order chi connectivity index (χ1) is 18.7. The molecule has 1 aromatic carbocycles. The number of nitrogens with two attached hydrogens (primary N) is 1. The van der Waals surface area contributed by atoms with Crippen molar-refractivity contribution >= 4 is 11.5 Å². The normalized spacial score (nSPS) is 14.5. The summed E-state index contributed by atoms with van der Waals surface area (Å²) < 4.78 is 52.2. The van der Waals surface area contributed by atoms with Crippen molar-refractivity contribution in [2.75, 3.05) is 31.2 Å². The molecule has 214 valence electrons. The molecule has 1 saturated heterocycles. The number of anilines is 1. The number of carbonyl (C=O) groups excluding carboxylic acids is 1. The lowest BCUT2D eigenvalue weighted by Crippen LogP contribution is -2.36. The molecule has 1 aliphatic rings. The predicted octanol–water partition coefficient (Wildman–Crippen LogP) is 5.71. The first kappa shape index (κ1) is 29.5. The molecule has 2 N–H and O–H groups in total. The molecule has 4 rings (SSSR count). The first-order valence-corrected chi connectivity index (χ1v) is 13.2. The zero-order valence-corrected chi connectivity index (χ0v) is 23.4. The molecule has 3 heterocycles. The van der Waals surface area contributed by atoms with E-state index in [4.69, 9.17) is 15.2 Å². The van der Waals surface area contributed by atoms with Gasteiger partial charge < -0.3 is 20.1 Å². The third-order valence-electron chi connectivity index (χ3n) is 6.68. The third kappa shape index (κ3) is 6.98. The number of ketones is 1. The molecule has 0 spiro atoms.